The summed E-state index contributed by atoms with van der Waals surface area (Å²) < 4.78 is 21.3. The molecule has 122 valence electrons. The number of fused-ring (bicyclic) bond motifs is 1. The molecule has 0 fully saturated rings. The van der Waals surface area contributed by atoms with Gasteiger partial charge in [0.1, 0.15) is 5.01 Å². The molecular formula is C15H10ClFN4OS2. The summed E-state index contributed by atoms with van der Waals surface area (Å²) in [4.78, 5) is 5.23. The number of hydrogen-bond acceptors (Lipinski definition) is 7. The Morgan fingerprint density at radius 3 is 2.67 bits per heavy atom. The van der Waals surface area contributed by atoms with Crippen LogP contribution in [0, 0.1) is 5.82 Å². The zero-order valence-corrected chi connectivity index (χ0v) is 14.5. The quantitative estimate of drug-likeness (QED) is 0.572. The molecule has 0 saturated carbocycles. The number of nitrogens with two attached hydrogens (primary N) is 1. The van der Waals surface area contributed by atoms with Gasteiger partial charge in [-0.05, 0) is 24.3 Å². The topological polar surface area (TPSA) is 77.8 Å². The lowest BCUT2D eigenvalue weighted by Gasteiger charge is -2.00. The molecule has 0 radical (unpaired) electrons. The Kier molecular flexibility index (Phi) is 4.05. The second kappa shape index (κ2) is 6.21. The summed E-state index contributed by atoms with van der Waals surface area (Å²) in [5.74, 6) is 0.497. The average Bonchev–Trinajstić information content (AvgIpc) is 3.28. The SMILES string of the molecule is NCc1nnc(Cc2nc3ccc(-c4ccc(Cl)s4)c(F)c3s2)o1. The molecular weight excluding hydrogens is 371 g/mol. The molecule has 24 heavy (non-hydrogen) atoms. The van der Waals surface area contributed by atoms with Crippen LogP contribution in [0.2, 0.25) is 4.34 Å². The van der Waals surface area contributed by atoms with E-state index in [1.54, 1.807) is 18.2 Å². The largest absolute Gasteiger partial charge is 0.423 e. The van der Waals surface area contributed by atoms with Crippen LogP contribution in [0.5, 0.6) is 0 Å². The smallest absolute Gasteiger partial charge is 0.230 e. The second-order valence-electron chi connectivity index (χ2n) is 4.96. The Morgan fingerprint density at radius 1 is 1.12 bits per heavy atom. The van der Waals surface area contributed by atoms with Crippen molar-refractivity contribution >= 4 is 44.5 Å². The van der Waals surface area contributed by atoms with E-state index >= 15 is 0 Å². The number of hydrogen-bond donors (Lipinski definition) is 1. The minimum absolute atomic E-state index is 0.189. The molecule has 9 heteroatoms. The molecule has 2 N–H and O–H groups in total. The lowest BCUT2D eigenvalue weighted by molar-refractivity contribution is 0.459. The molecule has 5 nitrogen and oxygen atoms in total. The predicted molar refractivity (Wildman–Crippen MR) is 92.9 cm³/mol. The van der Waals surface area contributed by atoms with Crippen molar-refractivity contribution in [2.45, 2.75) is 13.0 Å². The number of aromatic nitrogens is 3. The maximum absolute atomic E-state index is 14.8. The maximum atomic E-state index is 14.8. The zero-order chi connectivity index (χ0) is 16.7. The summed E-state index contributed by atoms with van der Waals surface area (Å²) in [6.07, 6.45) is 0.353. The standard InChI is InChI=1S/C15H10ClFN4OS2/c16-10-4-3-9(23-10)7-1-2-8-15(14(7)17)24-13(19-8)5-11-20-21-12(6-18)22-11/h1-4H,5-6,18H2. The molecule has 3 heterocycles. The van der Waals surface area contributed by atoms with Crippen molar-refractivity contribution in [2.75, 3.05) is 0 Å². The highest BCUT2D eigenvalue weighted by molar-refractivity contribution is 7.20. The van der Waals surface area contributed by atoms with Crippen LogP contribution < -0.4 is 5.73 Å². The first-order chi connectivity index (χ1) is 11.6. The van der Waals surface area contributed by atoms with E-state index < -0.39 is 0 Å². The minimum Gasteiger partial charge on any atom is -0.423 e. The Hall–Kier alpha value is -1.87. The highest BCUT2D eigenvalue weighted by Gasteiger charge is 2.16. The van der Waals surface area contributed by atoms with Crippen molar-refractivity contribution in [1.82, 2.24) is 15.2 Å². The van der Waals surface area contributed by atoms with Gasteiger partial charge in [-0.3, -0.25) is 0 Å². The molecule has 0 amide bonds. The normalized spacial score (nSPS) is 11.5. The number of benzene rings is 1. The third-order valence-corrected chi connectivity index (χ3v) is 5.69. The molecule has 0 unspecified atom stereocenters. The van der Waals surface area contributed by atoms with Crippen LogP contribution in [-0.2, 0) is 13.0 Å². The van der Waals surface area contributed by atoms with Crippen molar-refractivity contribution < 1.29 is 8.81 Å². The Balaban J connectivity index is 1.71. The molecule has 0 atom stereocenters. The summed E-state index contributed by atoms with van der Waals surface area (Å²) in [7, 11) is 0. The fraction of sp³-hybridized carbons (Fsp3) is 0.133. The van der Waals surface area contributed by atoms with E-state index in [9.17, 15) is 4.39 Å². The average molecular weight is 381 g/mol. The monoisotopic (exact) mass is 380 g/mol. The first-order valence-corrected chi connectivity index (χ1v) is 9.00. The van der Waals surface area contributed by atoms with Gasteiger partial charge in [-0.1, -0.05) is 11.6 Å². The van der Waals surface area contributed by atoms with Crippen LogP contribution in [0.3, 0.4) is 0 Å². The highest BCUT2D eigenvalue weighted by atomic mass is 35.5. The van der Waals surface area contributed by atoms with Crippen LogP contribution in [0.4, 0.5) is 4.39 Å². The predicted octanol–water partition coefficient (Wildman–Crippen LogP) is 4.25. The van der Waals surface area contributed by atoms with E-state index in [-0.39, 0.29) is 12.4 Å². The fourth-order valence-corrected chi connectivity index (χ4v) is 4.36. The summed E-state index contributed by atoms with van der Waals surface area (Å²) in [6.45, 7) is 0.189. The number of thiazole rings is 1. The first-order valence-electron chi connectivity index (χ1n) is 6.99. The van der Waals surface area contributed by atoms with Gasteiger partial charge in [0.15, 0.2) is 5.82 Å². The molecule has 0 bridgehead atoms. The van der Waals surface area contributed by atoms with Gasteiger partial charge in [-0.2, -0.15) is 0 Å². The van der Waals surface area contributed by atoms with Crippen molar-refractivity contribution in [1.29, 1.82) is 0 Å². The lowest BCUT2D eigenvalue weighted by atomic mass is 10.1. The van der Waals surface area contributed by atoms with E-state index in [4.69, 9.17) is 21.8 Å². The van der Waals surface area contributed by atoms with Gasteiger partial charge in [0.05, 0.1) is 27.5 Å². The van der Waals surface area contributed by atoms with Crippen molar-refractivity contribution in [3.8, 4) is 10.4 Å². The van der Waals surface area contributed by atoms with E-state index in [1.165, 1.54) is 22.7 Å². The second-order valence-corrected chi connectivity index (χ2v) is 7.76. The third kappa shape index (κ3) is 2.82. The molecule has 0 aliphatic heterocycles. The van der Waals surface area contributed by atoms with Crippen LogP contribution in [0.15, 0.2) is 28.7 Å². The molecule has 0 spiro atoms. The van der Waals surface area contributed by atoms with Gasteiger partial charge in [0.25, 0.3) is 0 Å². The number of rotatable bonds is 4. The molecule has 3 aromatic heterocycles. The van der Waals surface area contributed by atoms with Crippen molar-refractivity contribution in [2.24, 2.45) is 5.73 Å². The summed E-state index contributed by atoms with van der Waals surface area (Å²) >= 11 is 8.56. The number of nitrogens with zero attached hydrogens (tertiary/aromatic N) is 3. The van der Waals surface area contributed by atoms with Gasteiger partial charge in [-0.15, -0.1) is 32.9 Å². The van der Waals surface area contributed by atoms with Crippen LogP contribution in [0.1, 0.15) is 16.8 Å². The van der Waals surface area contributed by atoms with Crippen LogP contribution >= 0.6 is 34.3 Å². The Morgan fingerprint density at radius 2 is 1.96 bits per heavy atom. The third-order valence-electron chi connectivity index (χ3n) is 3.37. The zero-order valence-electron chi connectivity index (χ0n) is 12.1. The van der Waals surface area contributed by atoms with Gasteiger partial charge < -0.3 is 10.2 Å². The number of halogens is 2. The van der Waals surface area contributed by atoms with Gasteiger partial charge in [0.2, 0.25) is 11.8 Å². The molecule has 4 aromatic rings. The van der Waals surface area contributed by atoms with Crippen molar-refractivity contribution in [3.05, 3.63) is 51.2 Å². The first kappa shape index (κ1) is 15.6. The molecule has 0 aliphatic carbocycles. The summed E-state index contributed by atoms with van der Waals surface area (Å²) in [5.41, 5.74) is 6.58. The van der Waals surface area contributed by atoms with E-state index in [0.717, 1.165) is 4.88 Å². The fourth-order valence-electron chi connectivity index (χ4n) is 2.30. The van der Waals surface area contributed by atoms with Crippen LogP contribution in [0.25, 0.3) is 20.7 Å². The van der Waals surface area contributed by atoms with Gasteiger partial charge >= 0.3 is 0 Å². The minimum atomic E-state index is -0.289. The van der Waals surface area contributed by atoms with Crippen molar-refractivity contribution in [3.63, 3.8) is 0 Å². The molecule has 0 aliphatic rings. The van der Waals surface area contributed by atoms with Gasteiger partial charge in [-0.25, -0.2) is 9.37 Å². The van der Waals surface area contributed by atoms with E-state index in [1.807, 2.05) is 6.07 Å². The highest BCUT2D eigenvalue weighted by Crippen LogP contribution is 2.37. The number of thiophene rings is 1. The lowest BCUT2D eigenvalue weighted by Crippen LogP contribution is -1.95. The van der Waals surface area contributed by atoms with E-state index in [0.29, 0.717) is 43.3 Å². The molecule has 0 saturated heterocycles. The molecule has 1 aromatic carbocycles. The summed E-state index contributed by atoms with van der Waals surface area (Å²) in [6, 6.07) is 7.10. The van der Waals surface area contributed by atoms with Crippen LogP contribution in [-0.4, -0.2) is 15.2 Å². The Bertz CT molecular complexity index is 1030. The maximum Gasteiger partial charge on any atom is 0.230 e. The van der Waals surface area contributed by atoms with E-state index in [2.05, 4.69) is 15.2 Å². The summed E-state index contributed by atoms with van der Waals surface area (Å²) in [5, 5.41) is 8.42. The molecule has 4 rings (SSSR count). The Labute approximate surface area is 148 Å². The van der Waals surface area contributed by atoms with Gasteiger partial charge in [0, 0.05) is 10.4 Å².